The van der Waals surface area contributed by atoms with Gasteiger partial charge in [0.2, 0.25) is 23.8 Å². The number of H-pyrrole nitrogens is 1. The first kappa shape index (κ1) is 25.1. The van der Waals surface area contributed by atoms with Crippen molar-refractivity contribution in [2.45, 2.75) is 62.3 Å². The Hall–Kier alpha value is -3.91. The SMILES string of the molecule is CO[C@H]1C[C@@H](C(=O)Nc2cnccn2)N(c2nc(Nc3cc(C4CC4)[nH]n3)nc(N3C4CCC3CN(C)C4)n2)C1. The van der Waals surface area contributed by atoms with Gasteiger partial charge in [0.15, 0.2) is 11.6 Å². The molecule has 0 aromatic carbocycles. The van der Waals surface area contributed by atoms with E-state index >= 15 is 0 Å². The van der Waals surface area contributed by atoms with E-state index in [4.69, 9.17) is 19.7 Å². The maximum atomic E-state index is 13.5. The third-order valence-corrected chi connectivity index (χ3v) is 8.33. The first-order chi connectivity index (χ1) is 19.5. The van der Waals surface area contributed by atoms with Crippen molar-refractivity contribution in [3.8, 4) is 0 Å². The number of nitrogens with one attached hydrogen (secondary N) is 3. The number of anilines is 5. The van der Waals surface area contributed by atoms with E-state index in [-0.39, 0.29) is 12.0 Å². The van der Waals surface area contributed by atoms with Crippen LogP contribution in [0.4, 0.5) is 29.5 Å². The summed E-state index contributed by atoms with van der Waals surface area (Å²) >= 11 is 0. The van der Waals surface area contributed by atoms with Gasteiger partial charge >= 0.3 is 0 Å². The molecule has 14 nitrogen and oxygen atoms in total. The van der Waals surface area contributed by atoms with Crippen molar-refractivity contribution >= 4 is 35.4 Å². The number of hydrogen-bond acceptors (Lipinski definition) is 12. The molecule has 1 saturated carbocycles. The van der Waals surface area contributed by atoms with Crippen LogP contribution >= 0.6 is 0 Å². The van der Waals surface area contributed by atoms with Crippen LogP contribution in [0.5, 0.6) is 0 Å². The summed E-state index contributed by atoms with van der Waals surface area (Å²) in [5, 5.41) is 13.8. The fraction of sp³-hybridized carbons (Fsp3) is 0.577. The van der Waals surface area contributed by atoms with Gasteiger partial charge in [0.1, 0.15) is 6.04 Å². The smallest absolute Gasteiger partial charge is 0.248 e. The predicted molar refractivity (Wildman–Crippen MR) is 148 cm³/mol. The van der Waals surface area contributed by atoms with Gasteiger partial charge < -0.3 is 30.1 Å². The number of fused-ring (bicyclic) bond motifs is 2. The van der Waals surface area contributed by atoms with Gasteiger partial charge in [-0.2, -0.15) is 20.1 Å². The molecule has 3 aliphatic heterocycles. The molecule has 3 aromatic heterocycles. The van der Waals surface area contributed by atoms with Crippen LogP contribution in [-0.4, -0.2) is 104 Å². The molecule has 0 radical (unpaired) electrons. The Morgan fingerprint density at radius 1 is 1.02 bits per heavy atom. The Morgan fingerprint density at radius 2 is 1.82 bits per heavy atom. The standard InChI is InChI=1S/C26H34N12O2/c1-36-12-16-5-6-17(13-36)38(16)26-32-24(30-21-10-19(34-35-21)15-3-4-15)31-25(33-26)37-14-18(40-2)9-20(37)23(39)29-22-11-27-7-8-28-22/h7-8,10-11,15-18,20H,3-6,9,12-14H2,1-2H3,(H,28,29,39)(H2,30,31,32,33,34,35)/t16?,17?,18-,20-/m0/s1. The highest BCUT2D eigenvalue weighted by Crippen LogP contribution is 2.40. The Bertz CT molecular complexity index is 1350. The van der Waals surface area contributed by atoms with E-state index < -0.39 is 6.04 Å². The fourth-order valence-corrected chi connectivity index (χ4v) is 6.22. The van der Waals surface area contributed by atoms with Gasteiger partial charge in [-0.25, -0.2) is 4.98 Å². The van der Waals surface area contributed by atoms with E-state index in [0.717, 1.165) is 31.6 Å². The van der Waals surface area contributed by atoms with E-state index in [1.54, 1.807) is 19.5 Å². The number of likely N-dealkylation sites (tertiary alicyclic amines) is 1. The number of ether oxygens (including phenoxy) is 1. The highest BCUT2D eigenvalue weighted by atomic mass is 16.5. The molecule has 2 unspecified atom stereocenters. The van der Waals surface area contributed by atoms with Crippen LogP contribution in [0.3, 0.4) is 0 Å². The summed E-state index contributed by atoms with van der Waals surface area (Å²) in [7, 11) is 3.83. The van der Waals surface area contributed by atoms with Crippen molar-refractivity contribution in [2.24, 2.45) is 0 Å². The molecular formula is C26H34N12O2. The van der Waals surface area contributed by atoms with E-state index in [9.17, 15) is 4.79 Å². The fourth-order valence-electron chi connectivity index (χ4n) is 6.22. The number of amides is 1. The van der Waals surface area contributed by atoms with Gasteiger partial charge in [0.25, 0.3) is 0 Å². The van der Waals surface area contributed by atoms with Crippen molar-refractivity contribution in [3.05, 3.63) is 30.4 Å². The lowest BCUT2D eigenvalue weighted by molar-refractivity contribution is -0.117. The van der Waals surface area contributed by atoms with Crippen molar-refractivity contribution in [3.63, 3.8) is 0 Å². The summed E-state index contributed by atoms with van der Waals surface area (Å²) < 4.78 is 5.69. The van der Waals surface area contributed by atoms with Gasteiger partial charge in [-0.15, -0.1) is 0 Å². The zero-order valence-corrected chi connectivity index (χ0v) is 22.7. The third-order valence-electron chi connectivity index (χ3n) is 8.33. The number of likely N-dealkylation sites (N-methyl/N-ethyl adjacent to an activating group) is 1. The molecule has 210 valence electrons. The highest BCUT2D eigenvalue weighted by molar-refractivity contribution is 5.96. The van der Waals surface area contributed by atoms with Crippen LogP contribution in [0.1, 0.15) is 43.7 Å². The number of aromatic nitrogens is 7. The Kier molecular flexibility index (Phi) is 6.42. The van der Waals surface area contributed by atoms with E-state index in [1.165, 1.54) is 19.0 Å². The molecule has 4 atom stereocenters. The first-order valence-electron chi connectivity index (χ1n) is 14.0. The topological polar surface area (TPSA) is 153 Å². The normalized spacial score (nSPS) is 26.4. The summed E-state index contributed by atoms with van der Waals surface area (Å²) in [6.45, 7) is 2.40. The molecule has 1 aliphatic carbocycles. The maximum Gasteiger partial charge on any atom is 0.248 e. The number of carbonyl (C=O) groups is 1. The van der Waals surface area contributed by atoms with E-state index in [2.05, 4.69) is 47.6 Å². The molecule has 4 aliphatic rings. The zero-order valence-electron chi connectivity index (χ0n) is 22.7. The number of methoxy groups -OCH3 is 1. The number of carbonyl (C=O) groups excluding carboxylic acids is 1. The van der Waals surface area contributed by atoms with Gasteiger partial charge in [0.05, 0.1) is 12.3 Å². The molecule has 1 amide bonds. The average molecular weight is 547 g/mol. The second-order valence-corrected chi connectivity index (χ2v) is 11.2. The number of hydrogen-bond donors (Lipinski definition) is 3. The molecule has 6 heterocycles. The van der Waals surface area contributed by atoms with Crippen molar-refractivity contribution in [1.82, 2.24) is 40.0 Å². The second-order valence-electron chi connectivity index (χ2n) is 11.2. The molecule has 40 heavy (non-hydrogen) atoms. The van der Waals surface area contributed by atoms with Gasteiger partial charge in [-0.05, 0) is 32.7 Å². The Balaban J connectivity index is 1.23. The Morgan fingerprint density at radius 3 is 2.55 bits per heavy atom. The number of nitrogens with zero attached hydrogens (tertiary/aromatic N) is 9. The number of piperazine rings is 1. The number of aromatic amines is 1. The summed E-state index contributed by atoms with van der Waals surface area (Å²) in [6, 6.07) is 2.14. The zero-order chi connectivity index (χ0) is 27.2. The molecule has 0 spiro atoms. The largest absolute Gasteiger partial charge is 0.380 e. The molecular weight excluding hydrogens is 512 g/mol. The molecule has 14 heteroatoms. The molecule has 3 aromatic rings. The lowest BCUT2D eigenvalue weighted by Gasteiger charge is -2.39. The van der Waals surface area contributed by atoms with Crippen molar-refractivity contribution < 1.29 is 9.53 Å². The molecule has 3 saturated heterocycles. The maximum absolute atomic E-state index is 13.5. The Labute approximate surface area is 232 Å². The second kappa shape index (κ2) is 10.2. The lowest BCUT2D eigenvalue weighted by atomic mass is 10.2. The summed E-state index contributed by atoms with van der Waals surface area (Å²) in [4.78, 5) is 43.0. The van der Waals surface area contributed by atoms with Crippen LogP contribution in [0.25, 0.3) is 0 Å². The minimum absolute atomic E-state index is 0.151. The van der Waals surface area contributed by atoms with Gasteiger partial charge in [0, 0.05) is 75.3 Å². The predicted octanol–water partition coefficient (Wildman–Crippen LogP) is 1.52. The monoisotopic (exact) mass is 546 g/mol. The summed E-state index contributed by atoms with van der Waals surface area (Å²) in [5.74, 6) is 2.87. The molecule has 2 bridgehead atoms. The quantitative estimate of drug-likeness (QED) is 0.375. The minimum atomic E-state index is -0.550. The van der Waals surface area contributed by atoms with Crippen LogP contribution in [0, 0.1) is 0 Å². The first-order valence-corrected chi connectivity index (χ1v) is 14.0. The van der Waals surface area contributed by atoms with Crippen LogP contribution in [-0.2, 0) is 9.53 Å². The molecule has 3 N–H and O–H groups in total. The van der Waals surface area contributed by atoms with Crippen LogP contribution in [0.15, 0.2) is 24.7 Å². The molecule has 4 fully saturated rings. The van der Waals surface area contributed by atoms with Crippen molar-refractivity contribution in [2.75, 3.05) is 54.2 Å². The minimum Gasteiger partial charge on any atom is -0.380 e. The van der Waals surface area contributed by atoms with Crippen molar-refractivity contribution in [1.29, 1.82) is 0 Å². The average Bonchev–Trinajstić information content (AvgIpc) is 3.42. The van der Waals surface area contributed by atoms with E-state index in [1.807, 2.05) is 11.0 Å². The highest BCUT2D eigenvalue weighted by Gasteiger charge is 2.43. The van der Waals surface area contributed by atoms with Gasteiger partial charge in [-0.3, -0.25) is 14.9 Å². The third kappa shape index (κ3) is 4.92. The summed E-state index contributed by atoms with van der Waals surface area (Å²) in [6.07, 6.45) is 9.54. The summed E-state index contributed by atoms with van der Waals surface area (Å²) in [5.41, 5.74) is 1.12. The van der Waals surface area contributed by atoms with Crippen LogP contribution in [0.2, 0.25) is 0 Å². The number of rotatable bonds is 8. The van der Waals surface area contributed by atoms with E-state index in [0.29, 0.717) is 60.4 Å². The van der Waals surface area contributed by atoms with Gasteiger partial charge in [-0.1, -0.05) is 0 Å². The molecule has 7 rings (SSSR count). The lowest BCUT2D eigenvalue weighted by Crippen LogP contribution is -2.53. The van der Waals surface area contributed by atoms with Crippen LogP contribution < -0.4 is 20.4 Å².